The van der Waals surface area contributed by atoms with E-state index in [1.54, 1.807) is 0 Å². The average Bonchev–Trinajstić information content (AvgIpc) is 2.15. The van der Waals surface area contributed by atoms with E-state index in [0.717, 1.165) is 10.6 Å². The molecule has 0 bridgehead atoms. The van der Waals surface area contributed by atoms with Gasteiger partial charge in [0.25, 0.3) is 0 Å². The Labute approximate surface area is 90.9 Å². The Kier molecular flexibility index (Phi) is 3.97. The van der Waals surface area contributed by atoms with Gasteiger partial charge in [-0.05, 0) is 38.0 Å². The van der Waals surface area contributed by atoms with Crippen LogP contribution in [-0.2, 0) is 0 Å². The van der Waals surface area contributed by atoms with Crippen molar-refractivity contribution >= 4 is 17.2 Å². The van der Waals surface area contributed by atoms with Crippen LogP contribution in [0.2, 0.25) is 0 Å². The number of aryl methyl sites for hydroxylation is 1. The van der Waals surface area contributed by atoms with Crippen molar-refractivity contribution in [2.24, 2.45) is 0 Å². The SMILES string of the molecule is C/C=C(\C=C(/C)Cl)c1ccc(C)cc1. The van der Waals surface area contributed by atoms with Gasteiger partial charge in [0.05, 0.1) is 0 Å². The molecule has 0 aliphatic carbocycles. The standard InChI is InChI=1S/C13H15Cl/c1-4-12(9-11(3)14)13-7-5-10(2)6-8-13/h4-9H,1-3H3/b11-9+,12-4+. The maximum absolute atomic E-state index is 5.85. The fourth-order valence-corrected chi connectivity index (χ4v) is 1.41. The monoisotopic (exact) mass is 206 g/mol. The molecular formula is C13H15Cl. The zero-order valence-electron chi connectivity index (χ0n) is 8.84. The van der Waals surface area contributed by atoms with Crippen LogP contribution in [0.3, 0.4) is 0 Å². The first-order valence-corrected chi connectivity index (χ1v) is 5.08. The maximum Gasteiger partial charge on any atom is 0.0156 e. The fraction of sp³-hybridized carbons (Fsp3) is 0.231. The van der Waals surface area contributed by atoms with Crippen LogP contribution >= 0.6 is 11.6 Å². The Balaban J connectivity index is 3.03. The molecule has 1 aromatic rings. The molecule has 0 aliphatic heterocycles. The van der Waals surface area contributed by atoms with Crippen molar-refractivity contribution in [2.75, 3.05) is 0 Å². The molecule has 0 nitrogen and oxygen atoms in total. The molecule has 0 radical (unpaired) electrons. The molecule has 0 spiro atoms. The van der Waals surface area contributed by atoms with Crippen LogP contribution in [0.1, 0.15) is 25.0 Å². The van der Waals surface area contributed by atoms with Gasteiger partial charge in [0.15, 0.2) is 0 Å². The van der Waals surface area contributed by atoms with Crippen LogP contribution in [0.25, 0.3) is 5.57 Å². The number of benzene rings is 1. The average molecular weight is 207 g/mol. The number of hydrogen-bond acceptors (Lipinski definition) is 0. The van der Waals surface area contributed by atoms with Crippen molar-refractivity contribution in [3.8, 4) is 0 Å². The molecule has 0 heterocycles. The third-order valence-electron chi connectivity index (χ3n) is 2.05. The Morgan fingerprint density at radius 2 is 1.79 bits per heavy atom. The molecular weight excluding hydrogens is 192 g/mol. The molecule has 0 atom stereocenters. The molecule has 1 aromatic carbocycles. The zero-order valence-corrected chi connectivity index (χ0v) is 9.60. The molecule has 0 saturated carbocycles. The van der Waals surface area contributed by atoms with E-state index in [1.165, 1.54) is 11.1 Å². The predicted molar refractivity (Wildman–Crippen MR) is 64.4 cm³/mol. The van der Waals surface area contributed by atoms with E-state index in [1.807, 2.05) is 19.9 Å². The summed E-state index contributed by atoms with van der Waals surface area (Å²) < 4.78 is 0. The lowest BCUT2D eigenvalue weighted by Gasteiger charge is -2.02. The summed E-state index contributed by atoms with van der Waals surface area (Å²) in [5.74, 6) is 0. The van der Waals surface area contributed by atoms with Gasteiger partial charge in [-0.2, -0.15) is 0 Å². The van der Waals surface area contributed by atoms with Gasteiger partial charge in [-0.15, -0.1) is 0 Å². The summed E-state index contributed by atoms with van der Waals surface area (Å²) in [5, 5.41) is 0.804. The van der Waals surface area contributed by atoms with Crippen LogP contribution in [0, 0.1) is 6.92 Å². The summed E-state index contributed by atoms with van der Waals surface area (Å²) in [5.41, 5.74) is 3.64. The molecule has 1 rings (SSSR count). The second-order valence-electron chi connectivity index (χ2n) is 3.34. The van der Waals surface area contributed by atoms with Gasteiger partial charge in [-0.3, -0.25) is 0 Å². The fourth-order valence-electron chi connectivity index (χ4n) is 1.29. The van der Waals surface area contributed by atoms with Crippen molar-refractivity contribution in [3.63, 3.8) is 0 Å². The van der Waals surface area contributed by atoms with Crippen LogP contribution in [-0.4, -0.2) is 0 Å². The third kappa shape index (κ3) is 3.04. The lowest BCUT2D eigenvalue weighted by molar-refractivity contribution is 1.45. The van der Waals surface area contributed by atoms with Crippen molar-refractivity contribution in [1.29, 1.82) is 0 Å². The van der Waals surface area contributed by atoms with Crippen molar-refractivity contribution in [2.45, 2.75) is 20.8 Å². The molecule has 0 saturated heterocycles. The minimum absolute atomic E-state index is 0.804. The molecule has 1 heteroatoms. The molecule has 14 heavy (non-hydrogen) atoms. The highest BCUT2D eigenvalue weighted by Gasteiger charge is 1.96. The molecule has 0 amide bonds. The van der Waals surface area contributed by atoms with Crippen LogP contribution in [0.15, 0.2) is 41.4 Å². The second-order valence-corrected chi connectivity index (χ2v) is 3.94. The summed E-state index contributed by atoms with van der Waals surface area (Å²) in [6.45, 7) is 5.99. The third-order valence-corrected chi connectivity index (χ3v) is 2.16. The van der Waals surface area contributed by atoms with E-state index < -0.39 is 0 Å². The molecule has 0 N–H and O–H groups in total. The largest absolute Gasteiger partial charge is 0.0894 e. The topological polar surface area (TPSA) is 0 Å². The highest BCUT2D eigenvalue weighted by Crippen LogP contribution is 2.19. The second kappa shape index (κ2) is 5.02. The van der Waals surface area contributed by atoms with E-state index in [9.17, 15) is 0 Å². The lowest BCUT2D eigenvalue weighted by Crippen LogP contribution is -1.81. The molecule has 0 unspecified atom stereocenters. The normalized spacial score (nSPS) is 13.1. The summed E-state index contributed by atoms with van der Waals surface area (Å²) in [4.78, 5) is 0. The molecule has 0 fully saturated rings. The van der Waals surface area contributed by atoms with E-state index in [0.29, 0.717) is 0 Å². The van der Waals surface area contributed by atoms with E-state index in [4.69, 9.17) is 11.6 Å². The van der Waals surface area contributed by atoms with Crippen LogP contribution < -0.4 is 0 Å². The summed E-state index contributed by atoms with van der Waals surface area (Å²) in [7, 11) is 0. The first kappa shape index (κ1) is 11.1. The number of rotatable bonds is 2. The minimum Gasteiger partial charge on any atom is -0.0894 e. The van der Waals surface area contributed by atoms with Crippen LogP contribution in [0.5, 0.6) is 0 Å². The summed E-state index contributed by atoms with van der Waals surface area (Å²) >= 11 is 5.85. The van der Waals surface area contributed by atoms with E-state index in [-0.39, 0.29) is 0 Å². The predicted octanol–water partition coefficient (Wildman–Crippen LogP) is 4.54. The highest BCUT2D eigenvalue weighted by molar-refractivity contribution is 6.29. The lowest BCUT2D eigenvalue weighted by atomic mass is 10.0. The maximum atomic E-state index is 5.85. The van der Waals surface area contributed by atoms with E-state index >= 15 is 0 Å². The summed E-state index contributed by atoms with van der Waals surface area (Å²) in [6.07, 6.45) is 4.04. The summed E-state index contributed by atoms with van der Waals surface area (Å²) in [6, 6.07) is 8.44. The van der Waals surface area contributed by atoms with Gasteiger partial charge >= 0.3 is 0 Å². The van der Waals surface area contributed by atoms with E-state index in [2.05, 4.69) is 37.3 Å². The van der Waals surface area contributed by atoms with Gasteiger partial charge in [-0.25, -0.2) is 0 Å². The number of halogens is 1. The Morgan fingerprint density at radius 1 is 1.21 bits per heavy atom. The van der Waals surface area contributed by atoms with Crippen molar-refractivity contribution in [3.05, 3.63) is 52.6 Å². The highest BCUT2D eigenvalue weighted by atomic mass is 35.5. The number of hydrogen-bond donors (Lipinski definition) is 0. The van der Waals surface area contributed by atoms with Gasteiger partial charge < -0.3 is 0 Å². The first-order chi connectivity index (χ1) is 6.63. The zero-order chi connectivity index (χ0) is 10.6. The Bertz CT molecular complexity index is 351. The smallest absolute Gasteiger partial charge is 0.0156 e. The first-order valence-electron chi connectivity index (χ1n) is 4.70. The minimum atomic E-state index is 0.804. The molecule has 0 aliphatic rings. The van der Waals surface area contributed by atoms with Gasteiger partial charge in [-0.1, -0.05) is 47.5 Å². The van der Waals surface area contributed by atoms with Crippen molar-refractivity contribution < 1.29 is 0 Å². The van der Waals surface area contributed by atoms with Gasteiger partial charge in [0, 0.05) is 5.03 Å². The molecule has 74 valence electrons. The quantitative estimate of drug-likeness (QED) is 0.624. The van der Waals surface area contributed by atoms with Gasteiger partial charge in [0.1, 0.15) is 0 Å². The van der Waals surface area contributed by atoms with Crippen molar-refractivity contribution in [1.82, 2.24) is 0 Å². The Morgan fingerprint density at radius 3 is 2.21 bits per heavy atom. The number of allylic oxidation sites excluding steroid dienone is 4. The van der Waals surface area contributed by atoms with Crippen LogP contribution in [0.4, 0.5) is 0 Å². The van der Waals surface area contributed by atoms with Gasteiger partial charge in [0.2, 0.25) is 0 Å². The molecule has 0 aromatic heterocycles. The Hall–Kier alpha value is -1.01.